The van der Waals surface area contributed by atoms with Crippen LogP contribution in [-0.2, 0) is 12.8 Å². The summed E-state index contributed by atoms with van der Waals surface area (Å²) in [6.45, 7) is 17.3. The van der Waals surface area contributed by atoms with Crippen molar-refractivity contribution in [2.75, 3.05) is 23.3 Å². The predicted octanol–water partition coefficient (Wildman–Crippen LogP) is 8.98. The number of H-pyrrole nitrogens is 1. The molecule has 0 saturated heterocycles. The molecule has 2 heterocycles. The van der Waals surface area contributed by atoms with Crippen molar-refractivity contribution in [2.24, 2.45) is 0 Å². The van der Waals surface area contributed by atoms with Crippen molar-refractivity contribution >= 4 is 28.3 Å². The maximum absolute atomic E-state index is 14.0. The average Bonchev–Trinajstić information content (AvgIpc) is 3.30. The highest BCUT2D eigenvalue weighted by Gasteiger charge is 2.21. The number of aromatic amines is 1. The van der Waals surface area contributed by atoms with E-state index >= 15 is 0 Å². The van der Waals surface area contributed by atoms with Crippen molar-refractivity contribution in [1.29, 1.82) is 0 Å². The van der Waals surface area contributed by atoms with Gasteiger partial charge in [0.15, 0.2) is 5.65 Å². The van der Waals surface area contributed by atoms with Crippen molar-refractivity contribution in [1.82, 2.24) is 14.6 Å². The first-order chi connectivity index (χ1) is 19.4. The van der Waals surface area contributed by atoms with Gasteiger partial charge in [-0.15, -0.1) is 0 Å². The third-order valence-corrected chi connectivity index (χ3v) is 7.96. The number of rotatable bonds is 17. The molecule has 6 heteroatoms. The van der Waals surface area contributed by atoms with Crippen LogP contribution in [0.15, 0.2) is 29.1 Å². The number of fused-ring (bicyclic) bond motifs is 1. The quantitative estimate of drug-likeness (QED) is 0.166. The van der Waals surface area contributed by atoms with Gasteiger partial charge >= 0.3 is 0 Å². The molecule has 0 spiro atoms. The first kappa shape index (κ1) is 31.5. The fourth-order valence-electron chi connectivity index (χ4n) is 5.55. The molecule has 0 radical (unpaired) electrons. The number of anilines is 3. The van der Waals surface area contributed by atoms with Crippen LogP contribution in [0.3, 0.4) is 0 Å². The maximum atomic E-state index is 14.0. The zero-order chi connectivity index (χ0) is 29.1. The molecule has 40 heavy (non-hydrogen) atoms. The Morgan fingerprint density at radius 1 is 0.975 bits per heavy atom. The Balaban J connectivity index is 2.15. The largest absolute Gasteiger partial charge is 0.372 e. The van der Waals surface area contributed by atoms with E-state index in [9.17, 15) is 4.79 Å². The standard InChI is InChI=1S/C34H53N5O/c1-8-14-16-17-18-21-28-30(19-10-3)36-33-32(31(37-39(33)34(28)40)26(11-4)20-15-9-2)35-29-23-22-27(24-25(29)7)38(12-5)13-6/h20,22-24,35,37H,8-19,21H2,1-7H3. The first-order valence-corrected chi connectivity index (χ1v) is 15.9. The molecule has 0 unspecified atom stereocenters. The van der Waals surface area contributed by atoms with Gasteiger partial charge in [-0.3, -0.25) is 9.89 Å². The van der Waals surface area contributed by atoms with E-state index in [4.69, 9.17) is 4.98 Å². The van der Waals surface area contributed by atoms with Crippen LogP contribution in [0.5, 0.6) is 0 Å². The normalized spacial score (nSPS) is 11.9. The fraction of sp³-hybridized carbons (Fsp3) is 0.588. The minimum Gasteiger partial charge on any atom is -0.372 e. The molecular weight excluding hydrogens is 494 g/mol. The van der Waals surface area contributed by atoms with Crippen LogP contribution < -0.4 is 15.8 Å². The number of nitrogens with zero attached hydrogens (tertiary/aromatic N) is 3. The van der Waals surface area contributed by atoms with Crippen molar-refractivity contribution in [3.05, 3.63) is 57.1 Å². The monoisotopic (exact) mass is 547 g/mol. The van der Waals surface area contributed by atoms with Crippen LogP contribution in [0.1, 0.15) is 122 Å². The lowest BCUT2D eigenvalue weighted by molar-refractivity contribution is 0.625. The Hall–Kier alpha value is -3.02. The van der Waals surface area contributed by atoms with E-state index < -0.39 is 0 Å². The first-order valence-electron chi connectivity index (χ1n) is 15.9. The minimum atomic E-state index is 0.0535. The van der Waals surface area contributed by atoms with E-state index in [1.165, 1.54) is 36.1 Å². The van der Waals surface area contributed by atoms with E-state index in [0.29, 0.717) is 5.65 Å². The highest BCUT2D eigenvalue weighted by atomic mass is 16.1. The molecule has 2 N–H and O–H groups in total. The zero-order valence-corrected chi connectivity index (χ0v) is 26.3. The van der Waals surface area contributed by atoms with Gasteiger partial charge in [-0.05, 0) is 82.2 Å². The Bertz CT molecular complexity index is 1310. The van der Waals surface area contributed by atoms with Gasteiger partial charge in [0, 0.05) is 30.0 Å². The second-order valence-electron chi connectivity index (χ2n) is 10.9. The molecule has 0 aliphatic heterocycles. The Kier molecular flexibility index (Phi) is 12.4. The summed E-state index contributed by atoms with van der Waals surface area (Å²) in [7, 11) is 0. The number of aryl methyl sites for hydroxylation is 2. The van der Waals surface area contributed by atoms with Gasteiger partial charge < -0.3 is 10.2 Å². The van der Waals surface area contributed by atoms with E-state index in [-0.39, 0.29) is 5.56 Å². The molecule has 0 bridgehead atoms. The van der Waals surface area contributed by atoms with Crippen molar-refractivity contribution in [2.45, 2.75) is 119 Å². The van der Waals surface area contributed by atoms with Crippen molar-refractivity contribution < 1.29 is 0 Å². The number of hydrogen-bond donors (Lipinski definition) is 2. The predicted molar refractivity (Wildman–Crippen MR) is 173 cm³/mol. The molecule has 2 aromatic heterocycles. The molecule has 3 rings (SSSR count). The zero-order valence-electron chi connectivity index (χ0n) is 26.3. The summed E-state index contributed by atoms with van der Waals surface area (Å²) in [5, 5.41) is 7.23. The number of hydrogen-bond acceptors (Lipinski definition) is 4. The molecule has 0 aliphatic carbocycles. The van der Waals surface area contributed by atoms with E-state index in [1.807, 2.05) is 0 Å². The fourth-order valence-corrected chi connectivity index (χ4v) is 5.55. The topological polar surface area (TPSA) is 65.4 Å². The number of benzene rings is 1. The molecule has 220 valence electrons. The Labute approximate surface area is 242 Å². The summed E-state index contributed by atoms with van der Waals surface area (Å²) in [5.74, 6) is 0. The van der Waals surface area contributed by atoms with Gasteiger partial charge in [0.1, 0.15) is 5.69 Å². The third kappa shape index (κ3) is 7.38. The van der Waals surface area contributed by atoms with Crippen molar-refractivity contribution in [3.8, 4) is 0 Å². The van der Waals surface area contributed by atoms with Crippen LogP contribution in [0.4, 0.5) is 17.1 Å². The number of aromatic nitrogens is 3. The number of allylic oxidation sites excluding steroid dienone is 2. The van der Waals surface area contributed by atoms with Gasteiger partial charge in [-0.1, -0.05) is 72.3 Å². The highest BCUT2D eigenvalue weighted by molar-refractivity contribution is 5.87. The highest BCUT2D eigenvalue weighted by Crippen LogP contribution is 2.34. The van der Waals surface area contributed by atoms with Crippen LogP contribution in [-0.4, -0.2) is 27.7 Å². The van der Waals surface area contributed by atoms with Gasteiger partial charge in [-0.25, -0.2) is 4.98 Å². The second-order valence-corrected chi connectivity index (χ2v) is 10.9. The molecule has 0 atom stereocenters. The molecule has 0 aliphatic rings. The van der Waals surface area contributed by atoms with E-state index in [1.54, 1.807) is 4.52 Å². The summed E-state index contributed by atoms with van der Waals surface area (Å²) in [6.07, 6.45) is 13.7. The molecule has 3 aromatic rings. The molecule has 0 fully saturated rings. The molecule has 0 amide bonds. The summed E-state index contributed by atoms with van der Waals surface area (Å²) >= 11 is 0. The lowest BCUT2D eigenvalue weighted by Crippen LogP contribution is -2.23. The molecule has 1 aromatic carbocycles. The van der Waals surface area contributed by atoms with Gasteiger partial charge in [0.2, 0.25) is 0 Å². The SMILES string of the molecule is CCCC=C(CC)c1[nH]n2c(=O)c(CCCCCCC)c(CCC)nc2c1Nc1ccc(N(CC)CC)cc1C. The summed E-state index contributed by atoms with van der Waals surface area (Å²) in [6, 6.07) is 6.59. The van der Waals surface area contributed by atoms with E-state index in [0.717, 1.165) is 92.8 Å². The summed E-state index contributed by atoms with van der Waals surface area (Å²) < 4.78 is 1.70. The number of nitrogens with one attached hydrogen (secondary N) is 2. The van der Waals surface area contributed by atoms with Crippen LogP contribution in [0.2, 0.25) is 0 Å². The lowest BCUT2D eigenvalue weighted by Gasteiger charge is -2.22. The van der Waals surface area contributed by atoms with Crippen LogP contribution in [0.25, 0.3) is 11.2 Å². The van der Waals surface area contributed by atoms with Crippen LogP contribution >= 0.6 is 0 Å². The second kappa shape index (κ2) is 15.7. The third-order valence-electron chi connectivity index (χ3n) is 7.96. The molecular formula is C34H53N5O. The summed E-state index contributed by atoms with van der Waals surface area (Å²) in [5.41, 5.74) is 9.10. The lowest BCUT2D eigenvalue weighted by atomic mass is 10.0. The molecule has 0 saturated carbocycles. The van der Waals surface area contributed by atoms with Crippen LogP contribution in [0, 0.1) is 6.92 Å². The van der Waals surface area contributed by atoms with Gasteiger partial charge in [0.25, 0.3) is 5.56 Å². The Morgan fingerprint density at radius 3 is 2.35 bits per heavy atom. The average molecular weight is 548 g/mol. The van der Waals surface area contributed by atoms with Gasteiger partial charge in [0.05, 0.1) is 11.4 Å². The molecule has 6 nitrogen and oxygen atoms in total. The number of unbranched alkanes of at least 4 members (excludes halogenated alkanes) is 5. The van der Waals surface area contributed by atoms with Gasteiger partial charge in [-0.2, -0.15) is 4.52 Å². The van der Waals surface area contributed by atoms with E-state index in [2.05, 4.69) is 88.1 Å². The Morgan fingerprint density at radius 2 is 1.73 bits per heavy atom. The smallest absolute Gasteiger partial charge is 0.276 e. The van der Waals surface area contributed by atoms with Crippen molar-refractivity contribution in [3.63, 3.8) is 0 Å². The summed E-state index contributed by atoms with van der Waals surface area (Å²) in [4.78, 5) is 21.5. The minimum absolute atomic E-state index is 0.0535. The maximum Gasteiger partial charge on any atom is 0.276 e.